The van der Waals surface area contributed by atoms with Gasteiger partial charge in [0.1, 0.15) is 12.7 Å². The summed E-state index contributed by atoms with van der Waals surface area (Å²) in [5.74, 6) is -2.78. The van der Waals surface area contributed by atoms with Crippen molar-refractivity contribution >= 4 is 39.8 Å². The number of rotatable bonds is 9. The van der Waals surface area contributed by atoms with E-state index in [-0.39, 0.29) is 17.7 Å². The standard InChI is InChI=1S/C38H35BrO9/c1-22-13-5-9-17-26(22)35(40)44-21-30-31(46-36(41)27-18-10-6-14-23(27)2)32(47-37(42)28-19-11-7-15-24(28)3)33(34(39)45-30)48-38(43)29-20-12-8-16-25(29)4/h5-20,30-34H,21H2,1-4H3/t30-,31-,32+,33-,34+/m1/s1. The van der Waals surface area contributed by atoms with Crippen molar-refractivity contribution in [3.63, 3.8) is 0 Å². The largest absolute Gasteiger partial charge is 0.459 e. The molecule has 1 heterocycles. The van der Waals surface area contributed by atoms with E-state index in [0.29, 0.717) is 33.4 Å². The van der Waals surface area contributed by atoms with Crippen LogP contribution in [-0.4, -0.2) is 59.9 Å². The summed E-state index contributed by atoms with van der Waals surface area (Å²) in [5.41, 5.74) is 3.86. The van der Waals surface area contributed by atoms with Gasteiger partial charge in [-0.15, -0.1) is 0 Å². The first-order valence-electron chi connectivity index (χ1n) is 15.4. The van der Waals surface area contributed by atoms with Gasteiger partial charge in [-0.05, 0) is 74.2 Å². The van der Waals surface area contributed by atoms with E-state index in [2.05, 4.69) is 15.9 Å². The van der Waals surface area contributed by atoms with Gasteiger partial charge in [-0.25, -0.2) is 19.2 Å². The van der Waals surface area contributed by atoms with Crippen LogP contribution in [0.15, 0.2) is 97.1 Å². The highest BCUT2D eigenvalue weighted by atomic mass is 79.9. The summed E-state index contributed by atoms with van der Waals surface area (Å²) >= 11 is 3.46. The molecule has 4 aromatic carbocycles. The van der Waals surface area contributed by atoms with E-state index in [1.165, 1.54) is 0 Å². The van der Waals surface area contributed by atoms with Crippen LogP contribution in [0.25, 0.3) is 0 Å². The zero-order valence-corrected chi connectivity index (χ0v) is 28.5. The molecule has 248 valence electrons. The summed E-state index contributed by atoms with van der Waals surface area (Å²) in [6.45, 7) is 6.68. The summed E-state index contributed by atoms with van der Waals surface area (Å²) in [6, 6.07) is 27.5. The summed E-state index contributed by atoms with van der Waals surface area (Å²) in [4.78, 5) is 54.0. The van der Waals surface area contributed by atoms with Crippen LogP contribution in [0, 0.1) is 27.7 Å². The number of hydrogen-bond acceptors (Lipinski definition) is 9. The Morgan fingerprint density at radius 3 is 1.25 bits per heavy atom. The van der Waals surface area contributed by atoms with Gasteiger partial charge in [-0.1, -0.05) is 88.7 Å². The van der Waals surface area contributed by atoms with E-state index < -0.39 is 53.3 Å². The third-order valence-electron chi connectivity index (χ3n) is 8.15. The normalized spacial score (nSPS) is 20.3. The molecule has 1 fully saturated rings. The lowest BCUT2D eigenvalue weighted by Crippen LogP contribution is -2.61. The van der Waals surface area contributed by atoms with Crippen LogP contribution in [-0.2, 0) is 23.7 Å². The fourth-order valence-electron chi connectivity index (χ4n) is 5.41. The lowest BCUT2D eigenvalue weighted by molar-refractivity contribution is -0.205. The lowest BCUT2D eigenvalue weighted by Gasteiger charge is -2.43. The number of carbonyl (C=O) groups excluding carboxylic acids is 4. The second-order valence-corrected chi connectivity index (χ2v) is 12.4. The number of ether oxygens (including phenoxy) is 5. The molecule has 0 unspecified atom stereocenters. The Hall–Kier alpha value is -4.80. The molecule has 5 atom stereocenters. The Kier molecular flexibility index (Phi) is 11.1. The highest BCUT2D eigenvalue weighted by Crippen LogP contribution is 2.34. The highest BCUT2D eigenvalue weighted by molar-refractivity contribution is 9.09. The minimum Gasteiger partial charge on any atom is -0.459 e. The van der Waals surface area contributed by atoms with Crippen LogP contribution < -0.4 is 0 Å². The van der Waals surface area contributed by atoms with Crippen LogP contribution in [0.4, 0.5) is 0 Å². The van der Waals surface area contributed by atoms with E-state index in [1.54, 1.807) is 125 Å². The van der Waals surface area contributed by atoms with Gasteiger partial charge in [-0.3, -0.25) is 0 Å². The maximum atomic E-state index is 13.7. The van der Waals surface area contributed by atoms with Crippen LogP contribution in [0.1, 0.15) is 63.7 Å². The molecule has 0 amide bonds. The molecule has 0 saturated carbocycles. The molecule has 0 spiro atoms. The number of hydrogen-bond donors (Lipinski definition) is 0. The zero-order valence-electron chi connectivity index (χ0n) is 26.9. The van der Waals surface area contributed by atoms with Gasteiger partial charge in [0, 0.05) is 0 Å². The van der Waals surface area contributed by atoms with Crippen molar-refractivity contribution in [1.82, 2.24) is 0 Å². The molecule has 0 N–H and O–H groups in total. The SMILES string of the molecule is Cc1ccccc1C(=O)OC[C@H]1O[C@H](Br)[C@H](OC(=O)c2ccccc2C)[C@@H](OC(=O)c2ccccc2C)[C@@H]1OC(=O)c1ccccc1C. The fourth-order valence-corrected chi connectivity index (χ4v) is 6.09. The van der Waals surface area contributed by atoms with E-state index in [4.69, 9.17) is 23.7 Å². The highest BCUT2D eigenvalue weighted by Gasteiger charge is 2.52. The quantitative estimate of drug-likeness (QED) is 0.104. The van der Waals surface area contributed by atoms with Crippen molar-refractivity contribution < 1.29 is 42.9 Å². The second-order valence-electron chi connectivity index (χ2n) is 11.5. The summed E-state index contributed by atoms with van der Waals surface area (Å²) in [7, 11) is 0. The van der Waals surface area contributed by atoms with Crippen molar-refractivity contribution in [2.45, 2.75) is 57.1 Å². The van der Waals surface area contributed by atoms with Crippen molar-refractivity contribution in [2.24, 2.45) is 0 Å². The minimum absolute atomic E-state index is 0.269. The summed E-state index contributed by atoms with van der Waals surface area (Å²) in [5, 5.41) is -1.06. The molecule has 0 bridgehead atoms. The van der Waals surface area contributed by atoms with E-state index in [9.17, 15) is 19.2 Å². The zero-order chi connectivity index (χ0) is 34.4. The van der Waals surface area contributed by atoms with Crippen molar-refractivity contribution in [3.05, 3.63) is 142 Å². The smallest absolute Gasteiger partial charge is 0.338 e. The molecule has 1 aliphatic heterocycles. The summed E-state index contributed by atoms with van der Waals surface area (Å²) in [6.07, 6.45) is -5.20. The minimum atomic E-state index is -1.39. The molecular weight excluding hydrogens is 680 g/mol. The maximum absolute atomic E-state index is 13.7. The number of benzene rings is 4. The molecule has 0 aromatic heterocycles. The second kappa shape index (κ2) is 15.4. The first-order chi connectivity index (χ1) is 23.0. The molecular formula is C38H35BrO9. The molecule has 0 aliphatic carbocycles. The number of esters is 4. The predicted molar refractivity (Wildman–Crippen MR) is 180 cm³/mol. The van der Waals surface area contributed by atoms with Crippen LogP contribution in [0.5, 0.6) is 0 Å². The predicted octanol–water partition coefficient (Wildman–Crippen LogP) is 6.87. The average molecular weight is 716 g/mol. The van der Waals surface area contributed by atoms with Gasteiger partial charge in [0.15, 0.2) is 23.3 Å². The van der Waals surface area contributed by atoms with Crippen molar-refractivity contribution in [2.75, 3.05) is 6.61 Å². The molecule has 5 rings (SSSR count). The number of aryl methyl sites for hydroxylation is 4. The van der Waals surface area contributed by atoms with Crippen LogP contribution >= 0.6 is 15.9 Å². The van der Waals surface area contributed by atoms with Crippen molar-refractivity contribution in [3.8, 4) is 0 Å². The van der Waals surface area contributed by atoms with Gasteiger partial charge >= 0.3 is 23.9 Å². The van der Waals surface area contributed by atoms with Crippen LogP contribution in [0.2, 0.25) is 0 Å². The summed E-state index contributed by atoms with van der Waals surface area (Å²) < 4.78 is 30.0. The first kappa shape index (κ1) is 34.5. The van der Waals surface area contributed by atoms with Gasteiger partial charge < -0.3 is 23.7 Å². The van der Waals surface area contributed by atoms with Gasteiger partial charge in [0.05, 0.1) is 22.3 Å². The lowest BCUT2D eigenvalue weighted by atomic mass is 9.98. The van der Waals surface area contributed by atoms with E-state index in [0.717, 1.165) is 0 Å². The fraction of sp³-hybridized carbons (Fsp3) is 0.263. The maximum Gasteiger partial charge on any atom is 0.338 e. The first-order valence-corrected chi connectivity index (χ1v) is 16.3. The molecule has 48 heavy (non-hydrogen) atoms. The van der Waals surface area contributed by atoms with Crippen LogP contribution in [0.3, 0.4) is 0 Å². The van der Waals surface area contributed by atoms with Crippen molar-refractivity contribution in [1.29, 1.82) is 0 Å². The molecule has 4 aromatic rings. The third-order valence-corrected chi connectivity index (χ3v) is 8.88. The number of halogens is 1. The Labute approximate surface area is 287 Å². The van der Waals surface area contributed by atoms with Gasteiger partial charge in [0.2, 0.25) is 0 Å². The third kappa shape index (κ3) is 7.83. The van der Waals surface area contributed by atoms with Gasteiger partial charge in [0.25, 0.3) is 0 Å². The number of carbonyl (C=O) groups is 4. The topological polar surface area (TPSA) is 114 Å². The van der Waals surface area contributed by atoms with Gasteiger partial charge in [-0.2, -0.15) is 0 Å². The van der Waals surface area contributed by atoms with E-state index >= 15 is 0 Å². The molecule has 9 nitrogen and oxygen atoms in total. The average Bonchev–Trinajstić information content (AvgIpc) is 3.07. The molecule has 1 aliphatic rings. The Morgan fingerprint density at radius 2 is 0.854 bits per heavy atom. The molecule has 0 radical (unpaired) electrons. The Morgan fingerprint density at radius 1 is 0.521 bits per heavy atom. The Balaban J connectivity index is 1.53. The Bertz CT molecular complexity index is 1820. The molecule has 10 heteroatoms. The number of alkyl halides is 1. The molecule has 1 saturated heterocycles. The van der Waals surface area contributed by atoms with E-state index in [1.807, 2.05) is 0 Å². The monoisotopic (exact) mass is 714 g/mol.